The number of carbonyl (C=O) groups excluding carboxylic acids is 2. The Kier molecular flexibility index (Phi) is 4.65. The van der Waals surface area contributed by atoms with Crippen LogP contribution in [0.25, 0.3) is 0 Å². The number of aryl methyl sites for hydroxylation is 2. The number of nitrogens with one attached hydrogen (secondary N) is 1. The zero-order chi connectivity index (χ0) is 17.1. The highest BCUT2D eigenvalue weighted by molar-refractivity contribution is 6.00. The van der Waals surface area contributed by atoms with Crippen molar-refractivity contribution >= 4 is 17.5 Å². The number of rotatable bonds is 4. The summed E-state index contributed by atoms with van der Waals surface area (Å²) >= 11 is 0. The molecule has 0 unspecified atom stereocenters. The van der Waals surface area contributed by atoms with E-state index in [2.05, 4.69) is 5.32 Å². The Morgan fingerprint density at radius 3 is 2.54 bits per heavy atom. The maximum atomic E-state index is 12.4. The fraction of sp³-hybridized carbons (Fsp3) is 0.300. The van der Waals surface area contributed by atoms with Crippen molar-refractivity contribution in [2.24, 2.45) is 5.92 Å². The standard InChI is InChI=1S/C20H22N2O2/c1-14-7-9-18(10-8-14)22-13-17(11-19(22)23)20(24)21-12-16-6-4-3-5-15(16)2/h3-10,17H,11-13H2,1-2H3,(H,21,24)/t17-/m0/s1. The van der Waals surface area contributed by atoms with Crippen LogP contribution in [0.15, 0.2) is 48.5 Å². The van der Waals surface area contributed by atoms with Gasteiger partial charge in [-0.05, 0) is 37.1 Å². The number of carbonyl (C=O) groups is 2. The zero-order valence-corrected chi connectivity index (χ0v) is 14.1. The highest BCUT2D eigenvalue weighted by Gasteiger charge is 2.34. The van der Waals surface area contributed by atoms with Crippen LogP contribution in [0.2, 0.25) is 0 Å². The minimum absolute atomic E-state index is 0.00916. The SMILES string of the molecule is Cc1ccc(N2C[C@@H](C(=O)NCc3ccccc3C)CC2=O)cc1. The first-order chi connectivity index (χ1) is 11.5. The lowest BCUT2D eigenvalue weighted by Gasteiger charge is -2.17. The Labute approximate surface area is 142 Å². The van der Waals surface area contributed by atoms with E-state index in [1.54, 1.807) is 4.90 Å². The third-order valence-corrected chi connectivity index (χ3v) is 4.56. The van der Waals surface area contributed by atoms with Gasteiger partial charge in [0.15, 0.2) is 0 Å². The lowest BCUT2D eigenvalue weighted by molar-refractivity contribution is -0.126. The van der Waals surface area contributed by atoms with Crippen molar-refractivity contribution in [1.82, 2.24) is 5.32 Å². The molecule has 1 heterocycles. The van der Waals surface area contributed by atoms with E-state index >= 15 is 0 Å². The largest absolute Gasteiger partial charge is 0.352 e. The van der Waals surface area contributed by atoms with E-state index in [4.69, 9.17) is 0 Å². The topological polar surface area (TPSA) is 49.4 Å². The molecule has 124 valence electrons. The molecule has 2 aromatic rings. The summed E-state index contributed by atoms with van der Waals surface area (Å²) in [5.41, 5.74) is 4.27. The number of amides is 2. The summed E-state index contributed by atoms with van der Waals surface area (Å²) < 4.78 is 0. The van der Waals surface area contributed by atoms with Crippen molar-refractivity contribution in [2.45, 2.75) is 26.8 Å². The van der Waals surface area contributed by atoms with Crippen LogP contribution in [0.3, 0.4) is 0 Å². The van der Waals surface area contributed by atoms with Gasteiger partial charge in [-0.15, -0.1) is 0 Å². The second-order valence-electron chi connectivity index (χ2n) is 6.39. The van der Waals surface area contributed by atoms with Crippen molar-refractivity contribution in [3.8, 4) is 0 Å². The van der Waals surface area contributed by atoms with Crippen LogP contribution >= 0.6 is 0 Å². The maximum Gasteiger partial charge on any atom is 0.227 e. The predicted octanol–water partition coefficient (Wildman–Crippen LogP) is 2.97. The maximum absolute atomic E-state index is 12.4. The minimum atomic E-state index is -0.289. The Balaban J connectivity index is 1.62. The van der Waals surface area contributed by atoms with Crippen molar-refractivity contribution in [2.75, 3.05) is 11.4 Å². The van der Waals surface area contributed by atoms with Gasteiger partial charge in [-0.1, -0.05) is 42.0 Å². The molecule has 1 atom stereocenters. The van der Waals surface area contributed by atoms with Gasteiger partial charge in [0.2, 0.25) is 11.8 Å². The highest BCUT2D eigenvalue weighted by Crippen LogP contribution is 2.25. The van der Waals surface area contributed by atoms with Gasteiger partial charge in [-0.3, -0.25) is 9.59 Å². The van der Waals surface area contributed by atoms with Crippen LogP contribution in [0, 0.1) is 19.8 Å². The molecule has 0 bridgehead atoms. The van der Waals surface area contributed by atoms with E-state index < -0.39 is 0 Å². The summed E-state index contributed by atoms with van der Waals surface area (Å²) in [4.78, 5) is 26.4. The van der Waals surface area contributed by atoms with Crippen LogP contribution in [0.1, 0.15) is 23.1 Å². The van der Waals surface area contributed by atoms with Crippen LogP contribution in [-0.2, 0) is 16.1 Å². The third-order valence-electron chi connectivity index (χ3n) is 4.56. The normalized spacial score (nSPS) is 17.2. The summed E-state index contributed by atoms with van der Waals surface area (Å²) in [6.07, 6.45) is 0.271. The first-order valence-electron chi connectivity index (χ1n) is 8.24. The van der Waals surface area contributed by atoms with Crippen molar-refractivity contribution < 1.29 is 9.59 Å². The molecule has 0 radical (unpaired) electrons. The number of hydrogen-bond donors (Lipinski definition) is 1. The third kappa shape index (κ3) is 3.48. The summed E-state index contributed by atoms with van der Waals surface area (Å²) in [7, 11) is 0. The van der Waals surface area contributed by atoms with Crippen LogP contribution in [-0.4, -0.2) is 18.4 Å². The molecule has 0 spiro atoms. The number of anilines is 1. The van der Waals surface area contributed by atoms with E-state index in [0.717, 1.165) is 22.4 Å². The second kappa shape index (κ2) is 6.87. The van der Waals surface area contributed by atoms with E-state index in [9.17, 15) is 9.59 Å². The quantitative estimate of drug-likeness (QED) is 0.941. The van der Waals surface area contributed by atoms with Gasteiger partial charge in [0.05, 0.1) is 5.92 Å². The molecular formula is C20H22N2O2. The zero-order valence-electron chi connectivity index (χ0n) is 14.1. The predicted molar refractivity (Wildman–Crippen MR) is 94.7 cm³/mol. The average Bonchev–Trinajstić information content (AvgIpc) is 2.96. The average molecular weight is 322 g/mol. The number of benzene rings is 2. The Morgan fingerprint density at radius 2 is 1.83 bits per heavy atom. The highest BCUT2D eigenvalue weighted by atomic mass is 16.2. The molecular weight excluding hydrogens is 300 g/mol. The smallest absolute Gasteiger partial charge is 0.227 e. The molecule has 24 heavy (non-hydrogen) atoms. The van der Waals surface area contributed by atoms with Crippen molar-refractivity contribution in [1.29, 1.82) is 0 Å². The van der Waals surface area contributed by atoms with Gasteiger partial charge in [-0.25, -0.2) is 0 Å². The summed E-state index contributed by atoms with van der Waals surface area (Å²) in [6.45, 7) is 4.99. The van der Waals surface area contributed by atoms with Crippen molar-refractivity contribution in [3.05, 3.63) is 65.2 Å². The Hall–Kier alpha value is -2.62. The van der Waals surface area contributed by atoms with E-state index in [1.807, 2.05) is 62.4 Å². The van der Waals surface area contributed by atoms with Gasteiger partial charge in [0.25, 0.3) is 0 Å². The number of hydrogen-bond acceptors (Lipinski definition) is 2. The molecule has 2 amide bonds. The molecule has 4 heteroatoms. The first-order valence-corrected chi connectivity index (χ1v) is 8.24. The fourth-order valence-corrected chi connectivity index (χ4v) is 2.99. The molecule has 0 aliphatic carbocycles. The fourth-order valence-electron chi connectivity index (χ4n) is 2.99. The summed E-state index contributed by atoms with van der Waals surface area (Å²) in [6, 6.07) is 15.8. The number of nitrogens with zero attached hydrogens (tertiary/aromatic N) is 1. The molecule has 1 aliphatic rings. The monoisotopic (exact) mass is 322 g/mol. The second-order valence-corrected chi connectivity index (χ2v) is 6.39. The van der Waals surface area contributed by atoms with Gasteiger partial charge < -0.3 is 10.2 Å². The van der Waals surface area contributed by atoms with Gasteiger partial charge in [-0.2, -0.15) is 0 Å². The Morgan fingerprint density at radius 1 is 1.12 bits per heavy atom. The molecule has 1 aliphatic heterocycles. The van der Waals surface area contributed by atoms with Crippen LogP contribution in [0.5, 0.6) is 0 Å². The van der Waals surface area contributed by atoms with Crippen molar-refractivity contribution in [3.63, 3.8) is 0 Å². The molecule has 3 rings (SSSR count). The molecule has 1 fully saturated rings. The van der Waals surface area contributed by atoms with Crippen LogP contribution < -0.4 is 10.2 Å². The lowest BCUT2D eigenvalue weighted by Crippen LogP contribution is -2.32. The molecule has 4 nitrogen and oxygen atoms in total. The summed E-state index contributed by atoms with van der Waals surface area (Å²) in [5, 5.41) is 2.97. The van der Waals surface area contributed by atoms with Gasteiger partial charge in [0.1, 0.15) is 0 Å². The van der Waals surface area contributed by atoms with E-state index in [-0.39, 0.29) is 24.2 Å². The lowest BCUT2D eigenvalue weighted by atomic mass is 10.1. The molecule has 2 aromatic carbocycles. The minimum Gasteiger partial charge on any atom is -0.352 e. The van der Waals surface area contributed by atoms with Gasteiger partial charge >= 0.3 is 0 Å². The summed E-state index contributed by atoms with van der Waals surface area (Å²) in [5.74, 6) is -0.334. The van der Waals surface area contributed by atoms with E-state index in [0.29, 0.717) is 13.1 Å². The first kappa shape index (κ1) is 16.2. The molecule has 1 saturated heterocycles. The molecule has 1 N–H and O–H groups in total. The molecule has 0 saturated carbocycles. The Bertz CT molecular complexity index is 752. The van der Waals surface area contributed by atoms with Gasteiger partial charge in [0, 0.05) is 25.2 Å². The van der Waals surface area contributed by atoms with E-state index in [1.165, 1.54) is 0 Å². The molecule has 0 aromatic heterocycles. The van der Waals surface area contributed by atoms with Crippen LogP contribution in [0.4, 0.5) is 5.69 Å².